The number of aliphatic hydroxyl groups is 2. The largest absolute Gasteiger partial charge is 0.394 e. The molecular weight excluding hydrogens is 224 g/mol. The summed E-state index contributed by atoms with van der Waals surface area (Å²) in [6, 6.07) is 0. The summed E-state index contributed by atoms with van der Waals surface area (Å²) in [5, 5.41) is 17.5. The average molecular weight is 242 g/mol. The predicted octanol–water partition coefficient (Wildman–Crippen LogP) is -0.102. The molecule has 0 rings (SSSR count). The molecule has 0 radical (unpaired) electrons. The van der Waals surface area contributed by atoms with E-state index >= 15 is 0 Å². The Kier molecular flexibility index (Phi) is 7.62. The fraction of sp³-hybridized carbons (Fsp3) is 1.00. The zero-order valence-corrected chi connectivity index (χ0v) is 9.98. The minimum atomic E-state index is -2.90. The van der Waals surface area contributed by atoms with Crippen LogP contribution in [0.5, 0.6) is 0 Å². The Hall–Kier alpha value is 0.220. The summed E-state index contributed by atoms with van der Waals surface area (Å²) in [5.74, 6) is 1.26. The molecule has 0 bridgehead atoms. The Morgan fingerprint density at radius 3 is 2.50 bits per heavy atom. The molecule has 4 nitrogen and oxygen atoms in total. The minimum absolute atomic E-state index is 0.156. The standard InChI is InChI=1S/C8H18O4S2/c1-2-4-14(11,12)5-3-13-7-8(10)6-9/h8-10H,2-7H2,1H3. The van der Waals surface area contributed by atoms with Crippen LogP contribution in [0.3, 0.4) is 0 Å². The van der Waals surface area contributed by atoms with E-state index in [1.165, 1.54) is 11.8 Å². The first kappa shape index (κ1) is 14.2. The van der Waals surface area contributed by atoms with Gasteiger partial charge in [-0.05, 0) is 6.42 Å². The van der Waals surface area contributed by atoms with Gasteiger partial charge in [0, 0.05) is 17.3 Å². The van der Waals surface area contributed by atoms with Crippen molar-refractivity contribution < 1.29 is 18.6 Å². The van der Waals surface area contributed by atoms with E-state index in [2.05, 4.69) is 0 Å². The van der Waals surface area contributed by atoms with Gasteiger partial charge in [-0.3, -0.25) is 0 Å². The molecule has 0 aliphatic heterocycles. The van der Waals surface area contributed by atoms with E-state index in [-0.39, 0.29) is 18.1 Å². The number of thioether (sulfide) groups is 1. The molecule has 0 aromatic carbocycles. The first-order valence-electron chi connectivity index (χ1n) is 4.59. The second kappa shape index (κ2) is 7.50. The van der Waals surface area contributed by atoms with Crippen LogP contribution in [0, 0.1) is 0 Å². The number of hydrogen-bond donors (Lipinski definition) is 2. The van der Waals surface area contributed by atoms with Crippen LogP contribution < -0.4 is 0 Å². The van der Waals surface area contributed by atoms with E-state index in [1.807, 2.05) is 6.92 Å². The molecule has 0 aromatic heterocycles. The summed E-state index contributed by atoms with van der Waals surface area (Å²) in [6.07, 6.45) is -0.0967. The van der Waals surface area contributed by atoms with E-state index in [9.17, 15) is 8.42 Å². The molecule has 0 amide bonds. The second-order valence-electron chi connectivity index (χ2n) is 3.06. The Bertz CT molecular complexity index is 225. The van der Waals surface area contributed by atoms with Crippen LogP contribution in [-0.2, 0) is 9.84 Å². The highest BCUT2D eigenvalue weighted by Gasteiger charge is 2.09. The SMILES string of the molecule is CCCS(=O)(=O)CCSCC(O)CO. The lowest BCUT2D eigenvalue weighted by atomic mass is 10.4. The van der Waals surface area contributed by atoms with Gasteiger partial charge in [-0.25, -0.2) is 8.42 Å². The van der Waals surface area contributed by atoms with Gasteiger partial charge in [0.2, 0.25) is 0 Å². The van der Waals surface area contributed by atoms with Gasteiger partial charge >= 0.3 is 0 Å². The topological polar surface area (TPSA) is 74.6 Å². The fourth-order valence-corrected chi connectivity index (χ4v) is 3.73. The molecule has 1 atom stereocenters. The third kappa shape index (κ3) is 7.61. The zero-order valence-electron chi connectivity index (χ0n) is 8.35. The van der Waals surface area contributed by atoms with Crippen LogP contribution in [0.25, 0.3) is 0 Å². The lowest BCUT2D eigenvalue weighted by Crippen LogP contribution is -2.17. The van der Waals surface area contributed by atoms with Crippen molar-refractivity contribution in [3.05, 3.63) is 0 Å². The van der Waals surface area contributed by atoms with Crippen molar-refractivity contribution in [2.45, 2.75) is 19.4 Å². The molecule has 0 saturated heterocycles. The normalized spacial score (nSPS) is 14.2. The Labute approximate surface area is 89.6 Å². The molecule has 2 N–H and O–H groups in total. The zero-order chi connectivity index (χ0) is 11.0. The quantitative estimate of drug-likeness (QED) is 0.581. The van der Waals surface area contributed by atoms with Crippen LogP contribution in [0.1, 0.15) is 13.3 Å². The van der Waals surface area contributed by atoms with E-state index in [1.54, 1.807) is 0 Å². The first-order valence-corrected chi connectivity index (χ1v) is 7.56. The van der Waals surface area contributed by atoms with Gasteiger partial charge in [-0.2, -0.15) is 11.8 Å². The van der Waals surface area contributed by atoms with Crippen molar-refractivity contribution in [2.24, 2.45) is 0 Å². The molecule has 86 valence electrons. The molecule has 0 spiro atoms. The average Bonchev–Trinajstić information content (AvgIpc) is 2.12. The first-order chi connectivity index (χ1) is 6.52. The Morgan fingerprint density at radius 1 is 1.36 bits per heavy atom. The number of sulfone groups is 1. The van der Waals surface area contributed by atoms with Gasteiger partial charge in [-0.15, -0.1) is 0 Å². The van der Waals surface area contributed by atoms with Crippen LogP contribution in [0.2, 0.25) is 0 Å². The molecule has 0 heterocycles. The summed E-state index contributed by atoms with van der Waals surface area (Å²) in [4.78, 5) is 0. The Balaban J connectivity index is 3.54. The molecule has 1 unspecified atom stereocenters. The number of aliphatic hydroxyl groups excluding tert-OH is 2. The summed E-state index contributed by atoms with van der Waals surface area (Å²) < 4.78 is 22.4. The van der Waals surface area contributed by atoms with Crippen LogP contribution in [-0.4, -0.2) is 54.4 Å². The van der Waals surface area contributed by atoms with E-state index in [0.717, 1.165) is 0 Å². The number of rotatable bonds is 8. The van der Waals surface area contributed by atoms with Crippen LogP contribution in [0.4, 0.5) is 0 Å². The van der Waals surface area contributed by atoms with Gasteiger partial charge in [0.15, 0.2) is 9.84 Å². The van der Waals surface area contributed by atoms with Gasteiger partial charge in [0.1, 0.15) is 0 Å². The van der Waals surface area contributed by atoms with Crippen LogP contribution in [0.15, 0.2) is 0 Å². The highest BCUT2D eigenvalue weighted by Crippen LogP contribution is 2.05. The smallest absolute Gasteiger partial charge is 0.151 e. The highest BCUT2D eigenvalue weighted by molar-refractivity contribution is 8.00. The van der Waals surface area contributed by atoms with Gasteiger partial charge in [0.05, 0.1) is 18.5 Å². The molecule has 14 heavy (non-hydrogen) atoms. The minimum Gasteiger partial charge on any atom is -0.394 e. The maximum Gasteiger partial charge on any atom is 0.151 e. The third-order valence-corrected chi connectivity index (χ3v) is 4.80. The van der Waals surface area contributed by atoms with Crippen molar-refractivity contribution in [3.63, 3.8) is 0 Å². The predicted molar refractivity (Wildman–Crippen MR) is 59.4 cm³/mol. The molecule has 0 aliphatic rings. The summed E-state index contributed by atoms with van der Waals surface area (Å²) >= 11 is 1.35. The molecular formula is C8H18O4S2. The monoisotopic (exact) mass is 242 g/mol. The van der Waals surface area contributed by atoms with Gasteiger partial charge in [-0.1, -0.05) is 6.92 Å². The fourth-order valence-electron chi connectivity index (χ4n) is 0.871. The van der Waals surface area contributed by atoms with Gasteiger partial charge < -0.3 is 10.2 Å². The molecule has 0 aromatic rings. The molecule has 0 fully saturated rings. The highest BCUT2D eigenvalue weighted by atomic mass is 32.2. The van der Waals surface area contributed by atoms with Crippen molar-refractivity contribution in [1.82, 2.24) is 0 Å². The Morgan fingerprint density at radius 2 is 2.00 bits per heavy atom. The third-order valence-electron chi connectivity index (χ3n) is 1.57. The van der Waals surface area contributed by atoms with Gasteiger partial charge in [0.25, 0.3) is 0 Å². The van der Waals surface area contributed by atoms with Crippen molar-refractivity contribution in [2.75, 3.05) is 29.6 Å². The van der Waals surface area contributed by atoms with Crippen molar-refractivity contribution in [3.8, 4) is 0 Å². The number of hydrogen-bond acceptors (Lipinski definition) is 5. The second-order valence-corrected chi connectivity index (χ2v) is 6.52. The van der Waals surface area contributed by atoms with Crippen molar-refractivity contribution >= 4 is 21.6 Å². The van der Waals surface area contributed by atoms with Crippen LogP contribution >= 0.6 is 11.8 Å². The molecule has 0 aliphatic carbocycles. The summed E-state index contributed by atoms with van der Waals surface area (Å²) in [7, 11) is -2.90. The lowest BCUT2D eigenvalue weighted by molar-refractivity contribution is 0.113. The van der Waals surface area contributed by atoms with E-state index in [0.29, 0.717) is 17.9 Å². The maximum atomic E-state index is 11.2. The van der Waals surface area contributed by atoms with Crippen molar-refractivity contribution in [1.29, 1.82) is 0 Å². The summed E-state index contributed by atoms with van der Waals surface area (Å²) in [6.45, 7) is 1.56. The lowest BCUT2D eigenvalue weighted by Gasteiger charge is -2.06. The van der Waals surface area contributed by atoms with E-state index < -0.39 is 15.9 Å². The summed E-state index contributed by atoms with van der Waals surface area (Å²) in [5.41, 5.74) is 0. The maximum absolute atomic E-state index is 11.2. The molecule has 6 heteroatoms. The van der Waals surface area contributed by atoms with E-state index in [4.69, 9.17) is 10.2 Å². The molecule has 0 saturated carbocycles.